The fourth-order valence-corrected chi connectivity index (χ4v) is 2.73. The van der Waals surface area contributed by atoms with Crippen molar-refractivity contribution >= 4 is 28.6 Å². The first-order valence-electron chi connectivity index (χ1n) is 8.63. The molecule has 1 aromatic carbocycles. The number of nitrogens with zero attached hydrogens (tertiary/aromatic N) is 3. The summed E-state index contributed by atoms with van der Waals surface area (Å²) in [5, 5.41) is 13.6. The highest BCUT2D eigenvalue weighted by molar-refractivity contribution is 5.96. The number of aromatic nitrogens is 2. The van der Waals surface area contributed by atoms with Crippen LogP contribution in [0.3, 0.4) is 0 Å². The van der Waals surface area contributed by atoms with Gasteiger partial charge in [0.05, 0.1) is 6.10 Å². The predicted octanol–water partition coefficient (Wildman–Crippen LogP) is 0.976. The van der Waals surface area contributed by atoms with Gasteiger partial charge in [-0.2, -0.15) is 0 Å². The van der Waals surface area contributed by atoms with E-state index in [1.54, 1.807) is 12.1 Å². The number of hydrogen-bond donors (Lipinski definition) is 3. The van der Waals surface area contributed by atoms with Crippen LogP contribution in [0.25, 0.3) is 11.0 Å². The number of rotatable bonds is 6. The van der Waals surface area contributed by atoms with Gasteiger partial charge in [0.2, 0.25) is 0 Å². The third-order valence-corrected chi connectivity index (χ3v) is 4.15. The Kier molecular flexibility index (Phi) is 5.55. The van der Waals surface area contributed by atoms with E-state index in [1.807, 2.05) is 19.1 Å². The standard InChI is InChI=1S/C19H21N5O4/c1-11-3-4-14-12(7-11)8-15(28-14)18(26)23-9-13(25)10-24(2)19(27)16-17(20)22-6-5-21-16/h3-8,13,25H,9-10H2,1-2H3,(H2,20,22)(H,23,26). The largest absolute Gasteiger partial charge is 0.451 e. The number of carbonyl (C=O) groups is 2. The lowest BCUT2D eigenvalue weighted by Gasteiger charge is -2.21. The van der Waals surface area contributed by atoms with E-state index in [2.05, 4.69) is 15.3 Å². The highest BCUT2D eigenvalue weighted by Gasteiger charge is 2.20. The number of likely N-dealkylation sites (N-methyl/N-ethyl adjacent to an activating group) is 1. The molecule has 2 aromatic heterocycles. The second-order valence-electron chi connectivity index (χ2n) is 6.49. The lowest BCUT2D eigenvalue weighted by atomic mass is 10.2. The van der Waals surface area contributed by atoms with Crippen molar-refractivity contribution in [3.8, 4) is 0 Å². The molecule has 3 aromatic rings. The van der Waals surface area contributed by atoms with Gasteiger partial charge in [0.15, 0.2) is 17.3 Å². The molecule has 0 bridgehead atoms. The van der Waals surface area contributed by atoms with Gasteiger partial charge in [0.25, 0.3) is 11.8 Å². The number of hydrogen-bond acceptors (Lipinski definition) is 7. The molecule has 0 fully saturated rings. The molecule has 2 heterocycles. The normalized spacial score (nSPS) is 12.0. The van der Waals surface area contributed by atoms with Gasteiger partial charge in [0, 0.05) is 37.9 Å². The van der Waals surface area contributed by atoms with Crippen LogP contribution < -0.4 is 11.1 Å². The average molecular weight is 383 g/mol. The number of amides is 2. The van der Waals surface area contributed by atoms with Crippen molar-refractivity contribution in [2.45, 2.75) is 13.0 Å². The minimum Gasteiger partial charge on any atom is -0.451 e. The lowest BCUT2D eigenvalue weighted by molar-refractivity contribution is 0.0665. The molecule has 4 N–H and O–H groups in total. The van der Waals surface area contributed by atoms with Crippen molar-refractivity contribution in [2.75, 3.05) is 25.9 Å². The van der Waals surface area contributed by atoms with E-state index in [0.29, 0.717) is 5.58 Å². The molecule has 0 spiro atoms. The summed E-state index contributed by atoms with van der Waals surface area (Å²) in [5.41, 5.74) is 7.33. The van der Waals surface area contributed by atoms with Gasteiger partial charge in [0.1, 0.15) is 5.58 Å². The Balaban J connectivity index is 1.55. The zero-order valence-electron chi connectivity index (χ0n) is 15.5. The van der Waals surface area contributed by atoms with Gasteiger partial charge < -0.3 is 25.5 Å². The Bertz CT molecular complexity index is 1020. The third-order valence-electron chi connectivity index (χ3n) is 4.15. The van der Waals surface area contributed by atoms with Gasteiger partial charge in [-0.1, -0.05) is 11.6 Å². The van der Waals surface area contributed by atoms with Gasteiger partial charge >= 0.3 is 0 Å². The Morgan fingerprint density at radius 3 is 2.79 bits per heavy atom. The molecule has 0 saturated carbocycles. The van der Waals surface area contributed by atoms with E-state index in [4.69, 9.17) is 10.2 Å². The summed E-state index contributed by atoms with van der Waals surface area (Å²) < 4.78 is 5.52. The molecular formula is C19H21N5O4. The summed E-state index contributed by atoms with van der Waals surface area (Å²) >= 11 is 0. The van der Waals surface area contributed by atoms with Crippen LogP contribution in [-0.2, 0) is 0 Å². The summed E-state index contributed by atoms with van der Waals surface area (Å²) in [6, 6.07) is 7.27. The van der Waals surface area contributed by atoms with Gasteiger partial charge in [-0.15, -0.1) is 0 Å². The molecule has 28 heavy (non-hydrogen) atoms. The van der Waals surface area contributed by atoms with Crippen molar-refractivity contribution in [1.29, 1.82) is 0 Å². The summed E-state index contributed by atoms with van der Waals surface area (Å²) in [5.74, 6) is -0.740. The second kappa shape index (κ2) is 8.05. The highest BCUT2D eigenvalue weighted by atomic mass is 16.3. The first kappa shape index (κ1) is 19.3. The molecule has 146 valence electrons. The maximum atomic E-state index is 12.3. The maximum absolute atomic E-state index is 12.3. The molecule has 3 rings (SSSR count). The number of aliphatic hydroxyl groups is 1. The topological polar surface area (TPSA) is 135 Å². The van der Waals surface area contributed by atoms with Crippen LogP contribution in [0.1, 0.15) is 26.6 Å². The quantitative estimate of drug-likeness (QED) is 0.577. The van der Waals surface area contributed by atoms with Crippen LogP contribution in [0, 0.1) is 6.92 Å². The summed E-state index contributed by atoms with van der Waals surface area (Å²) in [7, 11) is 1.50. The first-order chi connectivity index (χ1) is 13.3. The fourth-order valence-electron chi connectivity index (χ4n) is 2.73. The van der Waals surface area contributed by atoms with Gasteiger partial charge in [-0.3, -0.25) is 9.59 Å². The summed E-state index contributed by atoms with van der Waals surface area (Å²) in [6.45, 7) is 1.88. The second-order valence-corrected chi connectivity index (χ2v) is 6.49. The lowest BCUT2D eigenvalue weighted by Crippen LogP contribution is -2.41. The Labute approximate surface area is 161 Å². The fraction of sp³-hybridized carbons (Fsp3) is 0.263. The summed E-state index contributed by atoms with van der Waals surface area (Å²) in [4.78, 5) is 33.6. The van der Waals surface area contributed by atoms with Crippen LogP contribution >= 0.6 is 0 Å². The minimum absolute atomic E-state index is 0.0128. The van der Waals surface area contributed by atoms with Crippen LogP contribution in [0.2, 0.25) is 0 Å². The van der Waals surface area contributed by atoms with E-state index in [0.717, 1.165) is 10.9 Å². The molecule has 0 aliphatic carbocycles. The molecule has 0 radical (unpaired) electrons. The van der Waals surface area contributed by atoms with Crippen LogP contribution in [0.5, 0.6) is 0 Å². The summed E-state index contributed by atoms with van der Waals surface area (Å²) in [6.07, 6.45) is 1.76. The monoisotopic (exact) mass is 383 g/mol. The van der Waals surface area contributed by atoms with Crippen LogP contribution in [-0.4, -0.2) is 58.0 Å². The van der Waals surface area contributed by atoms with E-state index in [9.17, 15) is 14.7 Å². The number of nitrogens with two attached hydrogens (primary N) is 1. The van der Waals surface area contributed by atoms with Crippen LogP contribution in [0.15, 0.2) is 41.1 Å². The number of nitrogens with one attached hydrogen (secondary N) is 1. The third kappa shape index (κ3) is 4.26. The predicted molar refractivity (Wildman–Crippen MR) is 103 cm³/mol. The molecule has 1 atom stereocenters. The highest BCUT2D eigenvalue weighted by Crippen LogP contribution is 2.20. The smallest absolute Gasteiger partial charge is 0.287 e. The van der Waals surface area contributed by atoms with Crippen molar-refractivity contribution < 1.29 is 19.1 Å². The zero-order chi connectivity index (χ0) is 20.3. The number of aryl methyl sites for hydroxylation is 1. The van der Waals surface area contributed by atoms with Crippen LogP contribution in [0.4, 0.5) is 5.82 Å². The van der Waals surface area contributed by atoms with Crippen molar-refractivity contribution in [3.63, 3.8) is 0 Å². The number of furan rings is 1. The van der Waals surface area contributed by atoms with Crippen molar-refractivity contribution in [1.82, 2.24) is 20.2 Å². The Morgan fingerprint density at radius 1 is 1.29 bits per heavy atom. The van der Waals surface area contributed by atoms with E-state index in [1.165, 1.54) is 24.3 Å². The molecular weight excluding hydrogens is 362 g/mol. The van der Waals surface area contributed by atoms with E-state index < -0.39 is 17.9 Å². The molecule has 0 aliphatic rings. The van der Waals surface area contributed by atoms with E-state index >= 15 is 0 Å². The van der Waals surface area contributed by atoms with Crippen molar-refractivity contribution in [3.05, 3.63) is 53.7 Å². The zero-order valence-corrected chi connectivity index (χ0v) is 15.5. The number of aliphatic hydroxyl groups excluding tert-OH is 1. The number of nitrogen functional groups attached to an aromatic ring is 1. The van der Waals surface area contributed by atoms with Gasteiger partial charge in [-0.05, 0) is 25.1 Å². The first-order valence-corrected chi connectivity index (χ1v) is 8.63. The van der Waals surface area contributed by atoms with E-state index in [-0.39, 0.29) is 30.4 Å². The number of benzene rings is 1. The SMILES string of the molecule is Cc1ccc2oc(C(=O)NCC(O)CN(C)C(=O)c3nccnc3N)cc2c1. The Morgan fingerprint density at radius 2 is 2.04 bits per heavy atom. The Hall–Kier alpha value is -3.46. The average Bonchev–Trinajstić information content (AvgIpc) is 3.09. The molecule has 2 amide bonds. The number of anilines is 1. The molecule has 1 unspecified atom stereocenters. The minimum atomic E-state index is -0.984. The molecule has 0 saturated heterocycles. The molecule has 9 heteroatoms. The molecule has 9 nitrogen and oxygen atoms in total. The van der Waals surface area contributed by atoms with Gasteiger partial charge in [-0.25, -0.2) is 9.97 Å². The maximum Gasteiger partial charge on any atom is 0.287 e. The number of fused-ring (bicyclic) bond motifs is 1. The number of carbonyl (C=O) groups excluding carboxylic acids is 2. The molecule has 0 aliphatic heterocycles. The van der Waals surface area contributed by atoms with Crippen molar-refractivity contribution in [2.24, 2.45) is 0 Å².